The normalized spacial score (nSPS) is 10.7. The van der Waals surface area contributed by atoms with Crippen LogP contribution in [0.3, 0.4) is 0 Å². The van der Waals surface area contributed by atoms with Crippen LogP contribution in [0.2, 0.25) is 15.3 Å². The molecule has 0 N–H and O–H groups in total. The Balaban J connectivity index is 2.59. The van der Waals surface area contributed by atoms with Crippen LogP contribution in [-0.2, 0) is 0 Å². The molecular weight excluding hydrogens is 263 g/mol. The monoisotopic (exact) mass is 265 g/mol. The van der Waals surface area contributed by atoms with Crippen molar-refractivity contribution in [3.8, 4) is 11.3 Å². The molecule has 0 spiro atoms. The fourth-order valence-electron chi connectivity index (χ4n) is 1.11. The second-order valence-corrected chi connectivity index (χ2v) is 3.87. The third-order valence-electron chi connectivity index (χ3n) is 1.78. The number of hydrogen-bond acceptors (Lipinski definition) is 2. The van der Waals surface area contributed by atoms with E-state index in [1.54, 1.807) is 0 Å². The van der Waals surface area contributed by atoms with E-state index in [9.17, 15) is 4.39 Å². The maximum atomic E-state index is 12.8. The topological polar surface area (TPSA) is 26.0 Å². The second kappa shape index (κ2) is 4.00. The van der Waals surface area contributed by atoms with Crippen molar-refractivity contribution in [1.82, 2.24) is 5.16 Å². The zero-order valence-corrected chi connectivity index (χ0v) is 9.37. The van der Waals surface area contributed by atoms with Crippen molar-refractivity contribution >= 4 is 34.8 Å². The maximum Gasteiger partial charge on any atom is 0.245 e. The van der Waals surface area contributed by atoms with Gasteiger partial charge in [-0.05, 0) is 29.8 Å². The molecule has 2 aromatic rings. The van der Waals surface area contributed by atoms with Crippen molar-refractivity contribution < 1.29 is 8.91 Å². The molecule has 0 saturated heterocycles. The molecule has 0 saturated carbocycles. The Kier molecular flexibility index (Phi) is 2.87. The first-order valence-electron chi connectivity index (χ1n) is 3.85. The summed E-state index contributed by atoms with van der Waals surface area (Å²) in [7, 11) is 0. The van der Waals surface area contributed by atoms with Crippen molar-refractivity contribution in [3.05, 3.63) is 39.3 Å². The SMILES string of the molecule is Fc1ccc(-c2noc(Cl)c2Cl)c(Cl)c1. The van der Waals surface area contributed by atoms with Gasteiger partial charge in [-0.2, -0.15) is 0 Å². The zero-order valence-electron chi connectivity index (χ0n) is 7.10. The lowest BCUT2D eigenvalue weighted by atomic mass is 10.1. The van der Waals surface area contributed by atoms with Gasteiger partial charge in [-0.25, -0.2) is 4.39 Å². The molecular formula is C9H3Cl3FNO. The van der Waals surface area contributed by atoms with Gasteiger partial charge in [-0.1, -0.05) is 28.4 Å². The second-order valence-electron chi connectivity index (χ2n) is 2.74. The highest BCUT2D eigenvalue weighted by Gasteiger charge is 2.16. The number of halogens is 4. The van der Waals surface area contributed by atoms with Crippen molar-refractivity contribution in [2.24, 2.45) is 0 Å². The minimum absolute atomic E-state index is 0.0212. The first-order chi connectivity index (χ1) is 7.09. The number of nitrogens with zero attached hydrogens (tertiary/aromatic N) is 1. The van der Waals surface area contributed by atoms with Gasteiger partial charge < -0.3 is 4.52 Å². The molecule has 0 fully saturated rings. The molecule has 2 nitrogen and oxygen atoms in total. The van der Waals surface area contributed by atoms with Crippen LogP contribution in [0.15, 0.2) is 22.7 Å². The highest BCUT2D eigenvalue weighted by molar-refractivity contribution is 6.43. The lowest BCUT2D eigenvalue weighted by Gasteiger charge is -1.99. The van der Waals surface area contributed by atoms with E-state index in [0.717, 1.165) is 6.07 Å². The van der Waals surface area contributed by atoms with Crippen LogP contribution in [-0.4, -0.2) is 5.16 Å². The summed E-state index contributed by atoms with van der Waals surface area (Å²) in [4.78, 5) is 0. The third kappa shape index (κ3) is 1.95. The Morgan fingerprint density at radius 1 is 1.20 bits per heavy atom. The summed E-state index contributed by atoms with van der Waals surface area (Å²) in [5.74, 6) is -0.436. The van der Waals surface area contributed by atoms with Crippen molar-refractivity contribution in [1.29, 1.82) is 0 Å². The number of aromatic nitrogens is 1. The molecule has 0 bridgehead atoms. The van der Waals surface area contributed by atoms with Crippen LogP contribution >= 0.6 is 34.8 Å². The Labute approximate surface area is 99.5 Å². The third-order valence-corrected chi connectivity index (χ3v) is 2.80. The zero-order chi connectivity index (χ0) is 11.0. The van der Waals surface area contributed by atoms with E-state index >= 15 is 0 Å². The molecule has 0 amide bonds. The van der Waals surface area contributed by atoms with Gasteiger partial charge in [0.15, 0.2) is 0 Å². The summed E-state index contributed by atoms with van der Waals surface area (Å²) in [6.07, 6.45) is 0. The molecule has 1 aromatic heterocycles. The Bertz CT molecular complexity index is 512. The minimum Gasteiger partial charge on any atom is -0.342 e. The van der Waals surface area contributed by atoms with E-state index in [2.05, 4.69) is 9.68 Å². The van der Waals surface area contributed by atoms with Crippen LogP contribution in [0.25, 0.3) is 11.3 Å². The molecule has 15 heavy (non-hydrogen) atoms. The van der Waals surface area contributed by atoms with E-state index < -0.39 is 5.82 Å². The summed E-state index contributed by atoms with van der Waals surface area (Å²) >= 11 is 17.2. The van der Waals surface area contributed by atoms with Crippen molar-refractivity contribution in [2.75, 3.05) is 0 Å². The molecule has 0 aliphatic heterocycles. The van der Waals surface area contributed by atoms with E-state index in [-0.39, 0.29) is 15.3 Å². The predicted molar refractivity (Wildman–Crippen MR) is 56.9 cm³/mol. The first kappa shape index (κ1) is 10.7. The average molecular weight is 266 g/mol. The Morgan fingerprint density at radius 3 is 2.47 bits per heavy atom. The summed E-state index contributed by atoms with van der Waals surface area (Å²) < 4.78 is 17.4. The van der Waals surface area contributed by atoms with Gasteiger partial charge in [0.2, 0.25) is 5.22 Å². The highest BCUT2D eigenvalue weighted by atomic mass is 35.5. The molecule has 2 rings (SSSR count). The largest absolute Gasteiger partial charge is 0.342 e. The smallest absolute Gasteiger partial charge is 0.245 e. The fraction of sp³-hybridized carbons (Fsp3) is 0. The van der Waals surface area contributed by atoms with Crippen LogP contribution in [0, 0.1) is 5.82 Å². The van der Waals surface area contributed by atoms with E-state index in [1.165, 1.54) is 12.1 Å². The maximum absolute atomic E-state index is 12.8. The predicted octanol–water partition coefficient (Wildman–Crippen LogP) is 4.44. The number of benzene rings is 1. The van der Waals surface area contributed by atoms with Crippen LogP contribution < -0.4 is 0 Å². The summed E-state index contributed by atoms with van der Waals surface area (Å²) in [6, 6.07) is 3.87. The summed E-state index contributed by atoms with van der Waals surface area (Å²) in [6.45, 7) is 0. The van der Waals surface area contributed by atoms with Crippen molar-refractivity contribution in [3.63, 3.8) is 0 Å². The van der Waals surface area contributed by atoms with E-state index in [0.29, 0.717) is 11.3 Å². The standard InChI is InChI=1S/C9H3Cl3FNO/c10-6-3-4(13)1-2-5(6)8-7(11)9(12)15-14-8/h1-3H. The molecule has 1 heterocycles. The molecule has 0 atom stereocenters. The minimum atomic E-state index is -0.436. The van der Waals surface area contributed by atoms with Gasteiger partial charge in [0.1, 0.15) is 16.5 Å². The molecule has 78 valence electrons. The Morgan fingerprint density at radius 2 is 1.93 bits per heavy atom. The average Bonchev–Trinajstić information content (AvgIpc) is 2.49. The summed E-state index contributed by atoms with van der Waals surface area (Å²) in [5, 5.41) is 3.96. The lowest BCUT2D eigenvalue weighted by molar-refractivity contribution is 0.424. The van der Waals surface area contributed by atoms with Gasteiger partial charge >= 0.3 is 0 Å². The van der Waals surface area contributed by atoms with Crippen LogP contribution in [0.1, 0.15) is 0 Å². The van der Waals surface area contributed by atoms with Gasteiger partial charge in [0, 0.05) is 5.56 Å². The van der Waals surface area contributed by atoms with Crippen LogP contribution in [0.5, 0.6) is 0 Å². The van der Waals surface area contributed by atoms with Crippen LogP contribution in [0.4, 0.5) is 4.39 Å². The van der Waals surface area contributed by atoms with E-state index in [1.807, 2.05) is 0 Å². The highest BCUT2D eigenvalue weighted by Crippen LogP contribution is 2.36. The molecule has 0 aliphatic rings. The number of rotatable bonds is 1. The summed E-state index contributed by atoms with van der Waals surface area (Å²) in [5.41, 5.74) is 0.769. The van der Waals surface area contributed by atoms with Crippen molar-refractivity contribution in [2.45, 2.75) is 0 Å². The molecule has 0 aliphatic carbocycles. The van der Waals surface area contributed by atoms with Gasteiger partial charge in [0.05, 0.1) is 5.02 Å². The quantitative estimate of drug-likeness (QED) is 0.762. The molecule has 0 unspecified atom stereocenters. The number of hydrogen-bond donors (Lipinski definition) is 0. The van der Waals surface area contributed by atoms with Gasteiger partial charge in [0.25, 0.3) is 0 Å². The lowest BCUT2D eigenvalue weighted by Crippen LogP contribution is -1.82. The van der Waals surface area contributed by atoms with Gasteiger partial charge in [-0.15, -0.1) is 0 Å². The molecule has 6 heteroatoms. The van der Waals surface area contributed by atoms with Gasteiger partial charge in [-0.3, -0.25) is 0 Å². The molecule has 0 radical (unpaired) electrons. The fourth-order valence-corrected chi connectivity index (χ4v) is 1.66. The van der Waals surface area contributed by atoms with E-state index in [4.69, 9.17) is 34.8 Å². The Hall–Kier alpha value is -0.770. The molecule has 1 aromatic carbocycles. The first-order valence-corrected chi connectivity index (χ1v) is 4.99.